The van der Waals surface area contributed by atoms with E-state index < -0.39 is 11.5 Å². The summed E-state index contributed by atoms with van der Waals surface area (Å²) >= 11 is 0. The van der Waals surface area contributed by atoms with Gasteiger partial charge in [-0.2, -0.15) is 0 Å². The Kier molecular flexibility index (Phi) is 7.66. The number of hydrogen-bond donors (Lipinski definition) is 1. The molecular formula is C16H16NNaO4. The molecule has 1 unspecified atom stereocenters. The summed E-state index contributed by atoms with van der Waals surface area (Å²) in [5.41, 5.74) is 5.35. The van der Waals surface area contributed by atoms with Gasteiger partial charge in [0.1, 0.15) is 0 Å². The van der Waals surface area contributed by atoms with E-state index in [1.807, 2.05) is 6.07 Å². The standard InChI is InChI=1S/C16H15NO3.Na.H2O/c1-16(17,15(19)20)13-9-5-8-12(10-13)14(18)11-6-3-2-4-7-11;;/h2-10H,17H2,1H3,(H,19,20);;1H2/q;+1;/p-1. The summed E-state index contributed by atoms with van der Waals surface area (Å²) in [5, 5.41) is 11.1. The number of carboxylic acids is 1. The van der Waals surface area contributed by atoms with Crippen LogP contribution in [0.1, 0.15) is 28.4 Å². The monoisotopic (exact) mass is 309 g/mol. The Balaban J connectivity index is 0.00000220. The van der Waals surface area contributed by atoms with Gasteiger partial charge in [0.25, 0.3) is 0 Å². The Labute approximate surface area is 150 Å². The Bertz CT molecular complexity index is 656. The van der Waals surface area contributed by atoms with Gasteiger partial charge in [-0.15, -0.1) is 0 Å². The fraction of sp³-hybridized carbons (Fsp3) is 0.125. The van der Waals surface area contributed by atoms with E-state index in [2.05, 4.69) is 0 Å². The first-order valence-electron chi connectivity index (χ1n) is 6.13. The van der Waals surface area contributed by atoms with Gasteiger partial charge >= 0.3 is 29.6 Å². The van der Waals surface area contributed by atoms with E-state index in [9.17, 15) is 14.7 Å². The van der Waals surface area contributed by atoms with Gasteiger partial charge in [0.05, 0.1) is 11.5 Å². The fourth-order valence-corrected chi connectivity index (χ4v) is 1.86. The second-order valence-corrected chi connectivity index (χ2v) is 4.77. The third-order valence-electron chi connectivity index (χ3n) is 3.18. The predicted octanol–water partition coefficient (Wildman–Crippen LogP) is -2.98. The van der Waals surface area contributed by atoms with Crippen LogP contribution in [0, 0.1) is 0 Å². The molecule has 0 heterocycles. The molecule has 0 bridgehead atoms. The van der Waals surface area contributed by atoms with E-state index in [4.69, 9.17) is 5.73 Å². The third-order valence-corrected chi connectivity index (χ3v) is 3.18. The van der Waals surface area contributed by atoms with Gasteiger partial charge in [0.2, 0.25) is 0 Å². The zero-order valence-corrected chi connectivity index (χ0v) is 14.5. The van der Waals surface area contributed by atoms with Crippen LogP contribution in [0.4, 0.5) is 0 Å². The van der Waals surface area contributed by atoms with Gasteiger partial charge in [0, 0.05) is 11.1 Å². The molecule has 0 spiro atoms. The van der Waals surface area contributed by atoms with Gasteiger partial charge < -0.3 is 21.1 Å². The maximum absolute atomic E-state index is 12.3. The summed E-state index contributed by atoms with van der Waals surface area (Å²) in [6, 6.07) is 15.1. The number of carbonyl (C=O) groups excluding carboxylic acids is 2. The summed E-state index contributed by atoms with van der Waals surface area (Å²) < 4.78 is 0. The maximum atomic E-state index is 12.3. The first kappa shape index (κ1) is 20.5. The van der Waals surface area contributed by atoms with Crippen molar-refractivity contribution < 1.29 is 49.7 Å². The van der Waals surface area contributed by atoms with E-state index >= 15 is 0 Å². The molecule has 0 saturated heterocycles. The van der Waals surface area contributed by atoms with Crippen LogP contribution in [-0.4, -0.2) is 17.2 Å². The Morgan fingerprint density at radius 2 is 1.55 bits per heavy atom. The van der Waals surface area contributed by atoms with Crippen LogP contribution in [0.5, 0.6) is 0 Å². The molecule has 1 atom stereocenters. The maximum Gasteiger partial charge on any atom is 1.00 e. The first-order chi connectivity index (χ1) is 9.43. The molecule has 2 aromatic carbocycles. The van der Waals surface area contributed by atoms with Crippen molar-refractivity contribution in [2.24, 2.45) is 5.73 Å². The zero-order chi connectivity index (χ0) is 14.8. The van der Waals surface area contributed by atoms with Gasteiger partial charge in [-0.3, -0.25) is 4.79 Å². The number of carboxylic acid groups (broad SMARTS) is 1. The fourth-order valence-electron chi connectivity index (χ4n) is 1.86. The molecule has 6 heteroatoms. The van der Waals surface area contributed by atoms with Crippen molar-refractivity contribution in [1.82, 2.24) is 0 Å². The van der Waals surface area contributed by atoms with Gasteiger partial charge in [-0.25, -0.2) is 0 Å². The van der Waals surface area contributed by atoms with Crippen molar-refractivity contribution in [2.75, 3.05) is 0 Å². The molecule has 5 nitrogen and oxygen atoms in total. The van der Waals surface area contributed by atoms with Gasteiger partial charge in [-0.05, 0) is 18.6 Å². The summed E-state index contributed by atoms with van der Waals surface area (Å²) in [6.07, 6.45) is 0. The molecule has 0 aromatic heterocycles. The molecule has 0 saturated carbocycles. The number of aliphatic carboxylic acids is 1. The summed E-state index contributed by atoms with van der Waals surface area (Å²) in [7, 11) is 0. The quantitative estimate of drug-likeness (QED) is 0.479. The molecule has 0 aliphatic rings. The van der Waals surface area contributed by atoms with E-state index in [0.717, 1.165) is 0 Å². The van der Waals surface area contributed by atoms with Crippen LogP contribution in [0.2, 0.25) is 0 Å². The summed E-state index contributed by atoms with van der Waals surface area (Å²) in [5.74, 6) is -1.57. The van der Waals surface area contributed by atoms with Crippen LogP contribution in [0.3, 0.4) is 0 Å². The van der Waals surface area contributed by atoms with Crippen molar-refractivity contribution in [3.05, 3.63) is 71.3 Å². The van der Waals surface area contributed by atoms with Gasteiger partial charge in [0.15, 0.2) is 5.78 Å². The molecule has 0 radical (unpaired) electrons. The topological polar surface area (TPSA) is 115 Å². The van der Waals surface area contributed by atoms with E-state index in [-0.39, 0.29) is 40.8 Å². The van der Waals surface area contributed by atoms with E-state index in [1.54, 1.807) is 42.5 Å². The largest absolute Gasteiger partial charge is 1.00 e. The zero-order valence-electron chi connectivity index (χ0n) is 12.5. The summed E-state index contributed by atoms with van der Waals surface area (Å²) in [6.45, 7) is 1.34. The van der Waals surface area contributed by atoms with Crippen molar-refractivity contribution in [3.8, 4) is 0 Å². The average Bonchev–Trinajstić information content (AvgIpc) is 2.47. The minimum atomic E-state index is -1.63. The van der Waals surface area contributed by atoms with Crippen molar-refractivity contribution >= 4 is 11.8 Å². The van der Waals surface area contributed by atoms with Gasteiger partial charge in [-0.1, -0.05) is 48.5 Å². The molecule has 22 heavy (non-hydrogen) atoms. The molecule has 0 amide bonds. The number of ketones is 1. The molecule has 0 aliphatic heterocycles. The number of carbonyl (C=O) groups is 2. The summed E-state index contributed by atoms with van der Waals surface area (Å²) in [4.78, 5) is 23.3. The number of rotatable bonds is 4. The SMILES string of the molecule is CC(N)(C(=O)[O-])c1cccc(C(=O)c2ccccc2)c1.O.[Na+]. The second-order valence-electron chi connectivity index (χ2n) is 4.77. The van der Waals surface area contributed by atoms with E-state index in [1.165, 1.54) is 13.0 Å². The molecule has 2 rings (SSSR count). The van der Waals surface area contributed by atoms with Crippen LogP contribution in [0.15, 0.2) is 54.6 Å². The Morgan fingerprint density at radius 1 is 1.00 bits per heavy atom. The molecule has 4 N–H and O–H groups in total. The molecule has 2 aromatic rings. The van der Waals surface area contributed by atoms with Crippen molar-refractivity contribution in [1.29, 1.82) is 0 Å². The Morgan fingerprint density at radius 3 is 2.09 bits per heavy atom. The number of nitrogens with two attached hydrogens (primary N) is 1. The first-order valence-corrected chi connectivity index (χ1v) is 6.13. The molecule has 110 valence electrons. The molecular weight excluding hydrogens is 293 g/mol. The minimum Gasteiger partial charge on any atom is -0.548 e. The number of hydrogen-bond acceptors (Lipinski definition) is 4. The predicted molar refractivity (Wildman–Crippen MR) is 76.5 cm³/mol. The van der Waals surface area contributed by atoms with Crippen LogP contribution < -0.4 is 40.4 Å². The normalized spacial score (nSPS) is 12.3. The van der Waals surface area contributed by atoms with Crippen molar-refractivity contribution in [3.63, 3.8) is 0 Å². The van der Waals surface area contributed by atoms with E-state index in [0.29, 0.717) is 16.7 Å². The second kappa shape index (κ2) is 8.22. The van der Waals surface area contributed by atoms with Crippen LogP contribution in [0.25, 0.3) is 0 Å². The van der Waals surface area contributed by atoms with Crippen molar-refractivity contribution in [2.45, 2.75) is 12.5 Å². The molecule has 0 aliphatic carbocycles. The smallest absolute Gasteiger partial charge is 0.548 e. The average molecular weight is 309 g/mol. The molecule has 0 fully saturated rings. The third kappa shape index (κ3) is 4.25. The van der Waals surface area contributed by atoms with Crippen LogP contribution in [-0.2, 0) is 10.3 Å². The Hall–Kier alpha value is -1.50. The van der Waals surface area contributed by atoms with Crippen LogP contribution >= 0.6 is 0 Å². The minimum absolute atomic E-state index is 0. The number of benzene rings is 2.